The number of allylic oxidation sites excluding steroid dienone is 23. The average Bonchev–Trinajstić information content (AvgIpc) is 2.93. The molecule has 0 aromatic rings. The number of carbonyl (C=O) groups excluding carboxylic acids is 1. The van der Waals surface area contributed by atoms with E-state index in [0.29, 0.717) is 0 Å². The first-order valence-corrected chi connectivity index (χ1v) is 15.4. The van der Waals surface area contributed by atoms with Gasteiger partial charge in [0.25, 0.3) is 0 Å². The lowest BCUT2D eigenvalue weighted by atomic mass is 10.0. The van der Waals surface area contributed by atoms with Crippen LogP contribution in [0.3, 0.4) is 0 Å². The highest BCUT2D eigenvalue weighted by Gasteiger charge is 2.23. The standard InChI is InChI=1S/C41H58O2/c1-33(2)19-14-22-36(5)25-17-28-37(6)26-15-23-34(3)20-12-13-21-35(4)24-16-27-38(7)29-18-30-39(8)31-32-40(42)41(9,10)43-11/h12-13,15-16,18-21,23-27,29-32H,14,17,22,28H2,1-11H3/b13-12+,23-15+,24-16+,29-18+,32-31+,34-20-,35-21-,36-25+,37-26-,38-27-,39-30+. The molecule has 0 fully saturated rings. The van der Waals surface area contributed by atoms with Crippen molar-refractivity contribution in [2.45, 2.75) is 101 Å². The first-order valence-electron chi connectivity index (χ1n) is 15.4. The highest BCUT2D eigenvalue weighted by molar-refractivity contribution is 5.96. The molecule has 0 aliphatic rings. The van der Waals surface area contributed by atoms with Gasteiger partial charge in [-0.3, -0.25) is 4.79 Å². The first-order chi connectivity index (χ1) is 20.3. The van der Waals surface area contributed by atoms with Crippen molar-refractivity contribution in [3.8, 4) is 0 Å². The highest BCUT2D eigenvalue weighted by atomic mass is 16.5. The zero-order valence-corrected chi connectivity index (χ0v) is 29.0. The SMILES string of the molecule is COC(C)(C)C(=O)/C=C/C(C)=C/C=C/C(C)=C\C=C\C(C)=C/C=C/C=C(C)\C=C\C=C(\C)CC/C=C(\C)CCC=C(C)C. The van der Waals surface area contributed by atoms with Crippen LogP contribution in [0.5, 0.6) is 0 Å². The van der Waals surface area contributed by atoms with Crippen LogP contribution >= 0.6 is 0 Å². The van der Waals surface area contributed by atoms with E-state index in [1.54, 1.807) is 27.0 Å². The number of hydrogen-bond acceptors (Lipinski definition) is 2. The van der Waals surface area contributed by atoms with Crippen LogP contribution in [0.4, 0.5) is 0 Å². The molecule has 0 atom stereocenters. The lowest BCUT2D eigenvalue weighted by molar-refractivity contribution is -0.131. The third kappa shape index (κ3) is 22.7. The molecular formula is C41H58O2. The van der Waals surface area contributed by atoms with Crippen LogP contribution in [0, 0.1) is 0 Å². The Morgan fingerprint density at radius 1 is 0.535 bits per heavy atom. The second kappa shape index (κ2) is 23.0. The van der Waals surface area contributed by atoms with Crippen molar-refractivity contribution in [2.24, 2.45) is 0 Å². The van der Waals surface area contributed by atoms with Crippen LogP contribution in [-0.4, -0.2) is 18.5 Å². The van der Waals surface area contributed by atoms with E-state index in [9.17, 15) is 4.79 Å². The normalized spacial score (nSPS) is 15.3. The molecule has 0 aromatic heterocycles. The van der Waals surface area contributed by atoms with E-state index < -0.39 is 5.60 Å². The van der Waals surface area contributed by atoms with Gasteiger partial charge in [0, 0.05) is 7.11 Å². The summed E-state index contributed by atoms with van der Waals surface area (Å²) in [5.74, 6) is -0.0526. The van der Waals surface area contributed by atoms with Gasteiger partial charge in [-0.05, 0) is 101 Å². The lowest BCUT2D eigenvalue weighted by Crippen LogP contribution is -2.32. The summed E-state index contributed by atoms with van der Waals surface area (Å²) in [4.78, 5) is 12.1. The third-order valence-electron chi connectivity index (χ3n) is 6.73. The van der Waals surface area contributed by atoms with Crippen LogP contribution in [0.2, 0.25) is 0 Å². The van der Waals surface area contributed by atoms with Gasteiger partial charge >= 0.3 is 0 Å². The number of ether oxygens (including phenoxy) is 1. The van der Waals surface area contributed by atoms with Crippen molar-refractivity contribution in [1.82, 2.24) is 0 Å². The Balaban J connectivity index is 4.73. The molecule has 0 aliphatic carbocycles. The average molecular weight is 583 g/mol. The van der Waals surface area contributed by atoms with Gasteiger partial charge in [0.1, 0.15) is 5.60 Å². The molecule has 0 aromatic carbocycles. The Bertz CT molecular complexity index is 1230. The summed E-state index contributed by atoms with van der Waals surface area (Å²) in [5.41, 5.74) is 8.01. The van der Waals surface area contributed by atoms with Crippen molar-refractivity contribution >= 4 is 5.78 Å². The highest BCUT2D eigenvalue weighted by Crippen LogP contribution is 2.12. The Morgan fingerprint density at radius 3 is 1.44 bits per heavy atom. The zero-order valence-electron chi connectivity index (χ0n) is 29.0. The summed E-state index contributed by atoms with van der Waals surface area (Å²) in [6.45, 7) is 20.5. The Hall–Kier alpha value is -3.49. The number of rotatable bonds is 18. The second-order valence-electron chi connectivity index (χ2n) is 11.9. The Labute approximate surface area is 264 Å². The monoisotopic (exact) mass is 582 g/mol. The number of hydrogen-bond donors (Lipinski definition) is 0. The van der Waals surface area contributed by atoms with E-state index in [-0.39, 0.29) is 5.78 Å². The van der Waals surface area contributed by atoms with Crippen LogP contribution in [0.15, 0.2) is 142 Å². The smallest absolute Gasteiger partial charge is 0.186 e. The molecule has 0 N–H and O–H groups in total. The van der Waals surface area contributed by atoms with Crippen LogP contribution in [0.1, 0.15) is 94.9 Å². The molecule has 0 amide bonds. The third-order valence-corrected chi connectivity index (χ3v) is 6.73. The van der Waals surface area contributed by atoms with Gasteiger partial charge in [-0.2, -0.15) is 0 Å². The molecule has 234 valence electrons. The van der Waals surface area contributed by atoms with Gasteiger partial charge in [-0.1, -0.05) is 136 Å². The van der Waals surface area contributed by atoms with E-state index in [1.165, 1.54) is 27.9 Å². The van der Waals surface area contributed by atoms with Gasteiger partial charge < -0.3 is 4.74 Å². The summed E-state index contributed by atoms with van der Waals surface area (Å²) in [6, 6.07) is 0. The van der Waals surface area contributed by atoms with Crippen molar-refractivity contribution in [2.75, 3.05) is 7.11 Å². The summed E-state index contributed by atoms with van der Waals surface area (Å²) in [7, 11) is 1.55. The number of ketones is 1. The van der Waals surface area contributed by atoms with Gasteiger partial charge in [-0.25, -0.2) is 0 Å². The molecule has 0 bridgehead atoms. The fraction of sp³-hybridized carbons (Fsp3) is 0.390. The van der Waals surface area contributed by atoms with Gasteiger partial charge in [0.05, 0.1) is 0 Å². The first kappa shape index (κ1) is 39.5. The minimum Gasteiger partial charge on any atom is -0.371 e. The largest absolute Gasteiger partial charge is 0.371 e. The van der Waals surface area contributed by atoms with E-state index >= 15 is 0 Å². The van der Waals surface area contributed by atoms with E-state index in [1.807, 2.05) is 31.2 Å². The summed E-state index contributed by atoms with van der Waals surface area (Å²) >= 11 is 0. The second-order valence-corrected chi connectivity index (χ2v) is 11.9. The molecule has 0 saturated carbocycles. The van der Waals surface area contributed by atoms with Crippen LogP contribution in [-0.2, 0) is 9.53 Å². The van der Waals surface area contributed by atoms with Crippen molar-refractivity contribution in [1.29, 1.82) is 0 Å². The molecule has 43 heavy (non-hydrogen) atoms. The minimum absolute atomic E-state index is 0.0526. The molecule has 2 nitrogen and oxygen atoms in total. The summed E-state index contributed by atoms with van der Waals surface area (Å²) in [6.07, 6.45) is 39.7. The lowest BCUT2D eigenvalue weighted by Gasteiger charge is -2.18. The van der Waals surface area contributed by atoms with Gasteiger partial charge in [0.2, 0.25) is 0 Å². The molecular weight excluding hydrogens is 524 g/mol. The number of carbonyl (C=O) groups is 1. The fourth-order valence-electron chi connectivity index (χ4n) is 3.53. The molecule has 0 spiro atoms. The van der Waals surface area contributed by atoms with Crippen LogP contribution in [0.25, 0.3) is 0 Å². The fourth-order valence-corrected chi connectivity index (χ4v) is 3.53. The molecule has 0 unspecified atom stereocenters. The van der Waals surface area contributed by atoms with Crippen LogP contribution < -0.4 is 0 Å². The topological polar surface area (TPSA) is 26.3 Å². The van der Waals surface area contributed by atoms with Gasteiger partial charge in [0.15, 0.2) is 5.78 Å². The quantitative estimate of drug-likeness (QED) is 0.0912. The van der Waals surface area contributed by atoms with Gasteiger partial charge in [-0.15, -0.1) is 0 Å². The van der Waals surface area contributed by atoms with Crippen molar-refractivity contribution in [3.63, 3.8) is 0 Å². The Kier molecular flexibility index (Phi) is 21.2. The van der Waals surface area contributed by atoms with Crippen molar-refractivity contribution < 1.29 is 9.53 Å². The summed E-state index contributed by atoms with van der Waals surface area (Å²) in [5, 5.41) is 0. The minimum atomic E-state index is -0.799. The summed E-state index contributed by atoms with van der Waals surface area (Å²) < 4.78 is 5.21. The molecule has 2 heteroatoms. The Morgan fingerprint density at radius 2 is 0.953 bits per heavy atom. The molecule has 0 aliphatic heterocycles. The predicted octanol–water partition coefficient (Wildman–Crippen LogP) is 12.0. The maximum absolute atomic E-state index is 12.1. The predicted molar refractivity (Wildman–Crippen MR) is 192 cm³/mol. The zero-order chi connectivity index (χ0) is 32.7. The molecule has 0 rings (SSSR count). The number of methoxy groups -OCH3 is 1. The van der Waals surface area contributed by atoms with E-state index in [2.05, 4.69) is 121 Å². The van der Waals surface area contributed by atoms with E-state index in [0.717, 1.165) is 36.8 Å². The van der Waals surface area contributed by atoms with E-state index in [4.69, 9.17) is 4.74 Å². The molecule has 0 heterocycles. The molecule has 0 radical (unpaired) electrons. The molecule has 0 saturated heterocycles. The maximum atomic E-state index is 12.1. The van der Waals surface area contributed by atoms with Crippen molar-refractivity contribution in [3.05, 3.63) is 142 Å². The maximum Gasteiger partial charge on any atom is 0.186 e.